The molecule has 1 aromatic carbocycles. The number of nitrogens with zero attached hydrogens (tertiary/aromatic N) is 2. The van der Waals surface area contributed by atoms with Gasteiger partial charge in [-0.25, -0.2) is 0 Å². The van der Waals surface area contributed by atoms with E-state index in [1.165, 1.54) is 0 Å². The zero-order chi connectivity index (χ0) is 19.2. The van der Waals surface area contributed by atoms with Gasteiger partial charge in [-0.1, -0.05) is 12.1 Å². The van der Waals surface area contributed by atoms with Gasteiger partial charge in [0.2, 0.25) is 11.8 Å². The summed E-state index contributed by atoms with van der Waals surface area (Å²) in [6.45, 7) is 3.11. The molecule has 0 radical (unpaired) electrons. The van der Waals surface area contributed by atoms with E-state index in [0.29, 0.717) is 31.6 Å². The largest absolute Gasteiger partial charge is 0.374 e. The fraction of sp³-hybridized carbons (Fsp3) is 0.526. The molecule has 27 heavy (non-hydrogen) atoms. The Bertz CT molecular complexity index is 797. The molecule has 2 saturated heterocycles. The van der Waals surface area contributed by atoms with Crippen molar-refractivity contribution in [3.63, 3.8) is 0 Å². The van der Waals surface area contributed by atoms with E-state index in [1.54, 1.807) is 12.0 Å². The number of piperidine rings is 1. The predicted molar refractivity (Wildman–Crippen MR) is 96.6 cm³/mol. The first kappa shape index (κ1) is 18.1. The van der Waals surface area contributed by atoms with Crippen molar-refractivity contribution in [3.05, 3.63) is 34.9 Å². The van der Waals surface area contributed by atoms with Crippen LogP contribution in [0.3, 0.4) is 0 Å². The van der Waals surface area contributed by atoms with E-state index in [0.717, 1.165) is 24.2 Å². The Morgan fingerprint density at radius 3 is 2.74 bits per heavy atom. The number of carbonyl (C=O) groups excluding carboxylic acids is 3. The van der Waals surface area contributed by atoms with Gasteiger partial charge in [0.25, 0.3) is 5.91 Å². The molecule has 3 aliphatic rings. The Hall–Kier alpha value is -2.29. The third-order valence-electron chi connectivity index (χ3n) is 5.90. The van der Waals surface area contributed by atoms with E-state index < -0.39 is 6.04 Å². The highest BCUT2D eigenvalue weighted by atomic mass is 16.5. The molecule has 1 unspecified atom stereocenters. The normalized spacial score (nSPS) is 24.6. The van der Waals surface area contributed by atoms with Crippen LogP contribution in [0, 0.1) is 0 Å². The molecule has 0 saturated carbocycles. The van der Waals surface area contributed by atoms with E-state index in [4.69, 9.17) is 10.5 Å². The van der Waals surface area contributed by atoms with Crippen LogP contribution in [-0.4, -0.2) is 65.9 Å². The summed E-state index contributed by atoms with van der Waals surface area (Å²) in [6.07, 6.45) is 0.633. The van der Waals surface area contributed by atoms with Crippen LogP contribution >= 0.6 is 0 Å². The maximum atomic E-state index is 12.9. The number of nitrogens with one attached hydrogen (secondary N) is 1. The number of amides is 3. The van der Waals surface area contributed by atoms with E-state index in [-0.39, 0.29) is 29.7 Å². The van der Waals surface area contributed by atoms with Gasteiger partial charge in [0.1, 0.15) is 11.6 Å². The van der Waals surface area contributed by atoms with Gasteiger partial charge in [0.15, 0.2) is 0 Å². The third kappa shape index (κ3) is 3.03. The van der Waals surface area contributed by atoms with Gasteiger partial charge in [0.05, 0.1) is 0 Å². The molecule has 3 heterocycles. The predicted octanol–water partition coefficient (Wildman–Crippen LogP) is -0.393. The van der Waals surface area contributed by atoms with Crippen LogP contribution < -0.4 is 11.1 Å². The molecule has 4 rings (SSSR count). The third-order valence-corrected chi connectivity index (χ3v) is 5.90. The average molecular weight is 372 g/mol. The minimum atomic E-state index is -0.585. The molecule has 8 heteroatoms. The Labute approximate surface area is 157 Å². The minimum absolute atomic E-state index is 0.141. The zero-order valence-electron chi connectivity index (χ0n) is 15.4. The number of benzene rings is 1. The van der Waals surface area contributed by atoms with E-state index in [9.17, 15) is 14.4 Å². The van der Waals surface area contributed by atoms with Crippen molar-refractivity contribution in [2.75, 3.05) is 26.7 Å². The quantitative estimate of drug-likeness (QED) is 0.682. The molecule has 3 aliphatic heterocycles. The van der Waals surface area contributed by atoms with Crippen LogP contribution in [0.2, 0.25) is 0 Å². The first-order valence-electron chi connectivity index (χ1n) is 9.19. The lowest BCUT2D eigenvalue weighted by Gasteiger charge is -2.48. The highest BCUT2D eigenvalue weighted by Crippen LogP contribution is 2.32. The second kappa shape index (κ2) is 6.70. The number of rotatable bonds is 5. The van der Waals surface area contributed by atoms with Crippen LogP contribution in [-0.2, 0) is 27.4 Å². The van der Waals surface area contributed by atoms with Crippen molar-refractivity contribution < 1.29 is 19.1 Å². The molecule has 1 atom stereocenters. The first-order valence-corrected chi connectivity index (χ1v) is 9.19. The molecule has 8 nitrogen and oxygen atoms in total. The highest BCUT2D eigenvalue weighted by Gasteiger charge is 2.43. The molecule has 0 aromatic heterocycles. The molecule has 3 N–H and O–H groups in total. The zero-order valence-corrected chi connectivity index (χ0v) is 15.4. The fourth-order valence-electron chi connectivity index (χ4n) is 4.26. The monoisotopic (exact) mass is 372 g/mol. The summed E-state index contributed by atoms with van der Waals surface area (Å²) in [4.78, 5) is 40.3. The van der Waals surface area contributed by atoms with Gasteiger partial charge in [-0.2, -0.15) is 0 Å². The Morgan fingerprint density at radius 2 is 2.07 bits per heavy atom. The van der Waals surface area contributed by atoms with Crippen LogP contribution in [0.1, 0.15) is 34.3 Å². The van der Waals surface area contributed by atoms with E-state index in [2.05, 4.69) is 10.2 Å². The van der Waals surface area contributed by atoms with Crippen molar-refractivity contribution in [2.24, 2.45) is 5.73 Å². The number of fused-ring (bicyclic) bond motifs is 1. The first-order chi connectivity index (χ1) is 13.0. The lowest BCUT2D eigenvalue weighted by atomic mass is 9.92. The van der Waals surface area contributed by atoms with Crippen LogP contribution in [0.5, 0.6) is 0 Å². The van der Waals surface area contributed by atoms with Crippen LogP contribution in [0.25, 0.3) is 0 Å². The van der Waals surface area contributed by atoms with Crippen molar-refractivity contribution in [1.29, 1.82) is 0 Å². The van der Waals surface area contributed by atoms with Crippen molar-refractivity contribution in [3.8, 4) is 0 Å². The topological polar surface area (TPSA) is 105 Å². The number of hydrogen-bond acceptors (Lipinski definition) is 6. The molecule has 3 amide bonds. The molecule has 2 fully saturated rings. The number of hydrogen-bond donors (Lipinski definition) is 2. The number of methoxy groups -OCH3 is 1. The van der Waals surface area contributed by atoms with Crippen LogP contribution in [0.4, 0.5) is 0 Å². The van der Waals surface area contributed by atoms with Gasteiger partial charge in [-0.05, 0) is 23.6 Å². The SMILES string of the molecule is COC1(CN)CN(Cc2cccc3c2CN(C2CCC(=O)NC2=O)C3=O)C1. The van der Waals surface area contributed by atoms with Crippen LogP contribution in [0.15, 0.2) is 18.2 Å². The van der Waals surface area contributed by atoms with Crippen molar-refractivity contribution >= 4 is 17.7 Å². The van der Waals surface area contributed by atoms with E-state index >= 15 is 0 Å². The maximum absolute atomic E-state index is 12.9. The summed E-state index contributed by atoms with van der Waals surface area (Å²) in [5.74, 6) is -0.803. The van der Waals surface area contributed by atoms with Gasteiger partial charge in [-0.3, -0.25) is 24.6 Å². The summed E-state index contributed by atoms with van der Waals surface area (Å²) in [6, 6.07) is 5.13. The standard InChI is InChI=1S/C19H24N4O4/c1-27-19(9-20)10-22(11-19)7-12-3-2-4-13-14(12)8-23(18(13)26)15-5-6-16(24)21-17(15)25/h2-4,15H,5-11,20H2,1H3,(H,21,24,25). The summed E-state index contributed by atoms with van der Waals surface area (Å²) in [5, 5.41) is 2.33. The number of imide groups is 1. The molecule has 0 spiro atoms. The van der Waals surface area contributed by atoms with Gasteiger partial charge >= 0.3 is 0 Å². The van der Waals surface area contributed by atoms with Crippen molar-refractivity contribution in [1.82, 2.24) is 15.1 Å². The number of carbonyl (C=O) groups is 3. The van der Waals surface area contributed by atoms with Gasteiger partial charge in [0, 0.05) is 51.8 Å². The molecule has 144 valence electrons. The Morgan fingerprint density at radius 1 is 1.30 bits per heavy atom. The maximum Gasteiger partial charge on any atom is 0.255 e. The van der Waals surface area contributed by atoms with Gasteiger partial charge < -0.3 is 15.4 Å². The summed E-state index contributed by atoms with van der Waals surface area (Å²) < 4.78 is 5.52. The molecular weight excluding hydrogens is 348 g/mol. The lowest BCUT2D eigenvalue weighted by molar-refractivity contribution is -0.136. The second-order valence-corrected chi connectivity index (χ2v) is 7.58. The summed E-state index contributed by atoms with van der Waals surface area (Å²) in [5.41, 5.74) is 8.23. The second-order valence-electron chi connectivity index (χ2n) is 7.58. The fourth-order valence-corrected chi connectivity index (χ4v) is 4.26. The number of nitrogens with two attached hydrogens (primary N) is 1. The highest BCUT2D eigenvalue weighted by molar-refractivity contribution is 6.05. The van der Waals surface area contributed by atoms with Gasteiger partial charge in [-0.15, -0.1) is 0 Å². The lowest BCUT2D eigenvalue weighted by Crippen LogP contribution is -2.65. The Kier molecular flexibility index (Phi) is 4.49. The molecule has 0 bridgehead atoms. The minimum Gasteiger partial charge on any atom is -0.374 e. The van der Waals surface area contributed by atoms with Crippen molar-refractivity contribution in [2.45, 2.75) is 37.6 Å². The summed E-state index contributed by atoms with van der Waals surface area (Å²) in [7, 11) is 1.68. The molecular formula is C19H24N4O4. The molecule has 1 aromatic rings. The smallest absolute Gasteiger partial charge is 0.255 e. The number of likely N-dealkylation sites (tertiary alicyclic amines) is 1. The average Bonchev–Trinajstić information content (AvgIpc) is 2.96. The number of ether oxygens (including phenoxy) is 1. The van der Waals surface area contributed by atoms with E-state index in [1.807, 2.05) is 18.2 Å². The molecule has 0 aliphatic carbocycles. The summed E-state index contributed by atoms with van der Waals surface area (Å²) >= 11 is 0. The Balaban J connectivity index is 1.50.